The van der Waals surface area contributed by atoms with Crippen molar-refractivity contribution in [1.82, 2.24) is 9.38 Å². The van der Waals surface area contributed by atoms with Crippen molar-refractivity contribution in [1.29, 1.82) is 0 Å². The number of carbonyl (C=O) groups is 2. The highest BCUT2D eigenvalue weighted by atomic mass is 16.5. The van der Waals surface area contributed by atoms with Crippen molar-refractivity contribution in [2.24, 2.45) is 0 Å². The highest BCUT2D eigenvalue weighted by Crippen LogP contribution is 2.33. The number of benzene rings is 1. The van der Waals surface area contributed by atoms with Crippen LogP contribution in [0.1, 0.15) is 39.0 Å². The summed E-state index contributed by atoms with van der Waals surface area (Å²) in [5.41, 5.74) is 2.62. The molecular weight excluding hydrogens is 362 g/mol. The van der Waals surface area contributed by atoms with Crippen LogP contribution >= 0.6 is 0 Å². The van der Waals surface area contributed by atoms with Crippen LogP contribution in [0.15, 0.2) is 30.5 Å². The normalized spacial score (nSPS) is 10.7. The van der Waals surface area contributed by atoms with Gasteiger partial charge in [0.2, 0.25) is 0 Å². The molecule has 0 atom stereocenters. The fourth-order valence-corrected chi connectivity index (χ4v) is 3.03. The van der Waals surface area contributed by atoms with Gasteiger partial charge >= 0.3 is 5.97 Å². The number of rotatable bonds is 6. The number of nitrogens with zero attached hydrogens (tertiary/aromatic N) is 2. The summed E-state index contributed by atoms with van der Waals surface area (Å²) in [7, 11) is 2.85. The molecule has 0 fully saturated rings. The number of hydrogen-bond donors (Lipinski definition) is 2. The minimum atomic E-state index is -1.19. The number of imidazole rings is 1. The van der Waals surface area contributed by atoms with E-state index in [1.807, 2.05) is 32.2 Å². The maximum atomic E-state index is 13.1. The first-order valence-electron chi connectivity index (χ1n) is 8.67. The lowest BCUT2D eigenvalue weighted by molar-refractivity contribution is 0.0697. The number of aromatic nitrogens is 2. The van der Waals surface area contributed by atoms with Crippen molar-refractivity contribution in [3.63, 3.8) is 0 Å². The van der Waals surface area contributed by atoms with Gasteiger partial charge in [-0.1, -0.05) is 13.0 Å². The van der Waals surface area contributed by atoms with Crippen molar-refractivity contribution in [3.05, 3.63) is 53.0 Å². The van der Waals surface area contributed by atoms with Gasteiger partial charge in [0.1, 0.15) is 11.3 Å². The lowest BCUT2D eigenvalue weighted by atomic mass is 10.1. The molecule has 1 aromatic carbocycles. The third-order valence-electron chi connectivity index (χ3n) is 4.39. The fourth-order valence-electron chi connectivity index (χ4n) is 3.03. The van der Waals surface area contributed by atoms with E-state index < -0.39 is 11.9 Å². The van der Waals surface area contributed by atoms with Gasteiger partial charge < -0.3 is 19.9 Å². The number of carboxylic acids is 1. The molecule has 3 aromatic rings. The van der Waals surface area contributed by atoms with E-state index >= 15 is 0 Å². The van der Waals surface area contributed by atoms with Crippen LogP contribution < -0.4 is 14.8 Å². The van der Waals surface area contributed by atoms with E-state index in [9.17, 15) is 14.7 Å². The second-order valence-corrected chi connectivity index (χ2v) is 6.21. The van der Waals surface area contributed by atoms with Crippen LogP contribution in [0.5, 0.6) is 11.5 Å². The number of hydrogen-bond acceptors (Lipinski definition) is 5. The minimum absolute atomic E-state index is 0.103. The van der Waals surface area contributed by atoms with Gasteiger partial charge in [0.25, 0.3) is 5.91 Å². The van der Waals surface area contributed by atoms with Gasteiger partial charge in [0.05, 0.1) is 31.2 Å². The number of methoxy groups -OCH3 is 2. The Hall–Kier alpha value is -3.55. The fraction of sp³-hybridized carbons (Fsp3) is 0.250. The third-order valence-corrected chi connectivity index (χ3v) is 4.39. The molecule has 8 nitrogen and oxygen atoms in total. The molecule has 0 aliphatic rings. The topological polar surface area (TPSA) is 102 Å². The van der Waals surface area contributed by atoms with Gasteiger partial charge in [-0.25, -0.2) is 9.78 Å². The largest absolute Gasteiger partial charge is 0.493 e. The summed E-state index contributed by atoms with van der Waals surface area (Å²) in [5.74, 6) is -1.07. The van der Waals surface area contributed by atoms with Crippen molar-refractivity contribution in [2.45, 2.75) is 20.3 Å². The molecule has 0 aliphatic heterocycles. The zero-order chi connectivity index (χ0) is 20.4. The molecule has 0 spiro atoms. The quantitative estimate of drug-likeness (QED) is 0.678. The second-order valence-electron chi connectivity index (χ2n) is 6.21. The van der Waals surface area contributed by atoms with E-state index in [4.69, 9.17) is 9.47 Å². The number of aromatic carboxylic acids is 1. The van der Waals surface area contributed by atoms with Crippen molar-refractivity contribution >= 4 is 23.2 Å². The average molecular weight is 383 g/mol. The molecule has 0 saturated carbocycles. The van der Waals surface area contributed by atoms with Crippen molar-refractivity contribution < 1.29 is 24.2 Å². The van der Waals surface area contributed by atoms with Crippen LogP contribution in [0, 0.1) is 6.92 Å². The van der Waals surface area contributed by atoms with E-state index in [2.05, 4.69) is 10.3 Å². The Morgan fingerprint density at radius 2 is 1.86 bits per heavy atom. The molecule has 2 heterocycles. The molecule has 0 radical (unpaired) electrons. The number of carboxylic acid groups (broad SMARTS) is 1. The number of amides is 1. The Kier molecular flexibility index (Phi) is 5.21. The number of anilines is 1. The molecular formula is C20H21N3O5. The third kappa shape index (κ3) is 3.36. The lowest BCUT2D eigenvalue weighted by Gasteiger charge is -2.14. The van der Waals surface area contributed by atoms with E-state index in [-0.39, 0.29) is 17.0 Å². The van der Waals surface area contributed by atoms with Gasteiger partial charge in [0.15, 0.2) is 11.5 Å². The highest BCUT2D eigenvalue weighted by Gasteiger charge is 2.22. The predicted octanol–water partition coefficient (Wildman–Crippen LogP) is 3.17. The summed E-state index contributed by atoms with van der Waals surface area (Å²) in [6.45, 7) is 3.83. The van der Waals surface area contributed by atoms with Crippen LogP contribution in [-0.2, 0) is 6.42 Å². The molecule has 0 aliphatic carbocycles. The molecule has 2 aromatic heterocycles. The average Bonchev–Trinajstić information content (AvgIpc) is 3.05. The highest BCUT2D eigenvalue weighted by molar-refractivity contribution is 6.08. The van der Waals surface area contributed by atoms with Crippen LogP contribution in [0.4, 0.5) is 5.69 Å². The van der Waals surface area contributed by atoms with E-state index in [1.54, 1.807) is 4.40 Å². The Labute approximate surface area is 161 Å². The van der Waals surface area contributed by atoms with Gasteiger partial charge in [-0.3, -0.25) is 9.20 Å². The molecule has 1 amide bonds. The number of nitrogens with one attached hydrogen (secondary N) is 1. The lowest BCUT2D eigenvalue weighted by Crippen LogP contribution is -2.18. The molecule has 0 unspecified atom stereocenters. The number of carbonyl (C=O) groups excluding carboxylic acids is 1. The van der Waals surface area contributed by atoms with Crippen LogP contribution in [-0.4, -0.2) is 40.6 Å². The van der Waals surface area contributed by atoms with Crippen LogP contribution in [0.25, 0.3) is 5.65 Å². The maximum Gasteiger partial charge on any atom is 0.337 e. The standard InChI is InChI=1S/C20H21N3O5/c1-5-13-18(23-10-11(2)6-7-17(23)21-13)19(24)22-14-9-16(28-4)15(27-3)8-12(14)20(25)26/h6-10H,5H2,1-4H3,(H,22,24)(H,25,26). The molecule has 3 rings (SSSR count). The number of aryl methyl sites for hydroxylation is 2. The minimum Gasteiger partial charge on any atom is -0.493 e. The summed E-state index contributed by atoms with van der Waals surface area (Å²) in [6, 6.07) is 6.50. The smallest absolute Gasteiger partial charge is 0.337 e. The van der Waals surface area contributed by atoms with E-state index in [0.717, 1.165) is 5.56 Å². The zero-order valence-electron chi connectivity index (χ0n) is 16.1. The molecule has 8 heteroatoms. The number of ether oxygens (including phenoxy) is 2. The Balaban J connectivity index is 2.10. The monoisotopic (exact) mass is 383 g/mol. The molecule has 28 heavy (non-hydrogen) atoms. The van der Waals surface area contributed by atoms with Gasteiger partial charge in [-0.2, -0.15) is 0 Å². The Bertz CT molecular complexity index is 1070. The molecule has 146 valence electrons. The zero-order valence-corrected chi connectivity index (χ0v) is 16.1. The number of pyridine rings is 1. The number of fused-ring (bicyclic) bond motifs is 1. The Morgan fingerprint density at radius 1 is 1.18 bits per heavy atom. The summed E-state index contributed by atoms with van der Waals surface area (Å²) in [6.07, 6.45) is 2.38. The SMILES string of the molecule is CCc1nc2ccc(C)cn2c1C(=O)Nc1cc(OC)c(OC)cc1C(=O)O. The molecule has 0 bridgehead atoms. The van der Waals surface area contributed by atoms with Crippen LogP contribution in [0.3, 0.4) is 0 Å². The summed E-state index contributed by atoms with van der Waals surface area (Å²) >= 11 is 0. The van der Waals surface area contributed by atoms with Gasteiger partial charge in [-0.15, -0.1) is 0 Å². The second kappa shape index (κ2) is 7.59. The summed E-state index contributed by atoms with van der Waals surface area (Å²) in [5, 5.41) is 12.2. The first-order chi connectivity index (χ1) is 13.4. The maximum absolute atomic E-state index is 13.1. The van der Waals surface area contributed by atoms with Gasteiger partial charge in [-0.05, 0) is 25.0 Å². The predicted molar refractivity (Wildman–Crippen MR) is 104 cm³/mol. The first kappa shape index (κ1) is 19.2. The van der Waals surface area contributed by atoms with Crippen LogP contribution in [0.2, 0.25) is 0 Å². The first-order valence-corrected chi connectivity index (χ1v) is 8.67. The molecule has 2 N–H and O–H groups in total. The summed E-state index contributed by atoms with van der Waals surface area (Å²) < 4.78 is 12.1. The Morgan fingerprint density at radius 3 is 2.46 bits per heavy atom. The van der Waals surface area contributed by atoms with Crippen molar-refractivity contribution in [3.8, 4) is 11.5 Å². The van der Waals surface area contributed by atoms with E-state index in [0.29, 0.717) is 29.2 Å². The molecule has 0 saturated heterocycles. The summed E-state index contributed by atoms with van der Waals surface area (Å²) in [4.78, 5) is 29.2. The van der Waals surface area contributed by atoms with E-state index in [1.165, 1.54) is 26.4 Å². The van der Waals surface area contributed by atoms with Gasteiger partial charge in [0, 0.05) is 18.3 Å². The van der Waals surface area contributed by atoms with Crippen molar-refractivity contribution in [2.75, 3.05) is 19.5 Å².